The molecular weight excluding hydrogens is 266 g/mol. The van der Waals surface area contributed by atoms with E-state index in [-0.39, 0.29) is 5.91 Å². The van der Waals surface area contributed by atoms with E-state index in [9.17, 15) is 4.79 Å². The molecule has 0 atom stereocenters. The smallest absolute Gasteiger partial charge is 0.230 e. The molecule has 1 aliphatic carbocycles. The topological polar surface area (TPSA) is 101 Å². The number of carbonyl (C=O) groups is 1. The lowest BCUT2D eigenvalue weighted by atomic mass is 10.5. The third-order valence-electron chi connectivity index (χ3n) is 2.70. The maximum atomic E-state index is 11.7. The number of hydrogen-bond donors (Lipinski definition) is 2. The molecule has 3 rings (SSSR count). The first-order valence-corrected chi connectivity index (χ1v) is 6.97. The van der Waals surface area contributed by atoms with Gasteiger partial charge in [0.15, 0.2) is 0 Å². The lowest BCUT2D eigenvalue weighted by Crippen LogP contribution is -2.25. The molecule has 1 aliphatic rings. The number of amides is 1. The summed E-state index contributed by atoms with van der Waals surface area (Å²) in [5.74, 6) is 0.973. The molecule has 1 amide bonds. The van der Waals surface area contributed by atoms with Crippen LogP contribution in [0.25, 0.3) is 0 Å². The van der Waals surface area contributed by atoms with Gasteiger partial charge in [0.1, 0.15) is 5.82 Å². The highest BCUT2D eigenvalue weighted by Crippen LogP contribution is 2.36. The van der Waals surface area contributed by atoms with Gasteiger partial charge in [0, 0.05) is 12.4 Å². The van der Waals surface area contributed by atoms with Gasteiger partial charge < -0.3 is 10.3 Å². The second-order valence-electron chi connectivity index (χ2n) is 4.24. The number of aromatic amines is 1. The van der Waals surface area contributed by atoms with Gasteiger partial charge in [-0.05, 0) is 23.3 Å². The minimum absolute atomic E-state index is 0.0632. The van der Waals surface area contributed by atoms with E-state index in [4.69, 9.17) is 0 Å². The fourth-order valence-corrected chi connectivity index (χ4v) is 2.36. The highest BCUT2D eigenvalue weighted by Gasteiger charge is 2.28. The number of H-pyrrole nitrogens is 1. The summed E-state index contributed by atoms with van der Waals surface area (Å²) in [5, 5.41) is 15.0. The van der Waals surface area contributed by atoms with Crippen molar-refractivity contribution in [1.29, 1.82) is 0 Å². The van der Waals surface area contributed by atoms with Crippen molar-refractivity contribution in [2.24, 2.45) is 0 Å². The van der Waals surface area contributed by atoms with E-state index in [1.807, 2.05) is 0 Å². The molecule has 0 aromatic carbocycles. The van der Waals surface area contributed by atoms with E-state index in [2.05, 4.69) is 30.8 Å². The van der Waals surface area contributed by atoms with E-state index < -0.39 is 0 Å². The Hall–Kier alpha value is -1.90. The molecule has 2 heterocycles. The van der Waals surface area contributed by atoms with E-state index in [1.165, 1.54) is 11.8 Å². The zero-order chi connectivity index (χ0) is 13.1. The molecule has 1 saturated carbocycles. The fraction of sp³-hybridized carbons (Fsp3) is 0.500. The van der Waals surface area contributed by atoms with Gasteiger partial charge in [-0.25, -0.2) is 9.67 Å². The van der Waals surface area contributed by atoms with Crippen molar-refractivity contribution in [3.63, 3.8) is 0 Å². The van der Waals surface area contributed by atoms with Crippen LogP contribution in [-0.2, 0) is 11.3 Å². The van der Waals surface area contributed by atoms with E-state index in [1.54, 1.807) is 17.1 Å². The van der Waals surface area contributed by atoms with E-state index in [0.717, 1.165) is 18.7 Å². The largest absolute Gasteiger partial charge is 0.348 e. The lowest BCUT2D eigenvalue weighted by molar-refractivity contribution is -0.118. The Morgan fingerprint density at radius 1 is 1.58 bits per heavy atom. The molecule has 100 valence electrons. The lowest BCUT2D eigenvalue weighted by Gasteiger charge is -2.03. The minimum Gasteiger partial charge on any atom is -0.348 e. The summed E-state index contributed by atoms with van der Waals surface area (Å²) in [6.07, 6.45) is 5.60. The standard InChI is InChI=1S/C10H13N7OS/c18-9(13-5-8-11-3-4-12-8)6-19-10-14-15-16-17(10)7-1-2-7/h3-4,7H,1-2,5-6H2,(H,11,12)(H,13,18). The number of rotatable bonds is 6. The molecule has 2 N–H and O–H groups in total. The molecule has 9 heteroatoms. The summed E-state index contributed by atoms with van der Waals surface area (Å²) < 4.78 is 1.80. The van der Waals surface area contributed by atoms with Gasteiger partial charge in [-0.1, -0.05) is 11.8 Å². The zero-order valence-electron chi connectivity index (χ0n) is 10.1. The quantitative estimate of drug-likeness (QED) is 0.729. The highest BCUT2D eigenvalue weighted by molar-refractivity contribution is 7.99. The van der Waals surface area contributed by atoms with Gasteiger partial charge in [0.25, 0.3) is 0 Å². The van der Waals surface area contributed by atoms with Crippen molar-refractivity contribution < 1.29 is 4.79 Å². The third kappa shape index (κ3) is 3.11. The molecule has 0 bridgehead atoms. The Labute approximate surface area is 113 Å². The molecule has 8 nitrogen and oxygen atoms in total. The number of thioether (sulfide) groups is 1. The molecule has 0 unspecified atom stereocenters. The normalized spacial score (nSPS) is 14.5. The SMILES string of the molecule is O=C(CSc1nnnn1C1CC1)NCc1ncc[nH]1. The van der Waals surface area contributed by atoms with Crippen LogP contribution in [0.4, 0.5) is 0 Å². The van der Waals surface area contributed by atoms with Crippen LogP contribution in [0, 0.1) is 0 Å². The summed E-state index contributed by atoms with van der Waals surface area (Å²) in [6.45, 7) is 0.403. The Balaban J connectivity index is 1.46. The van der Waals surface area contributed by atoms with Crippen LogP contribution in [0.2, 0.25) is 0 Å². The van der Waals surface area contributed by atoms with Crippen LogP contribution in [0.5, 0.6) is 0 Å². The Kier molecular flexibility index (Phi) is 3.45. The molecule has 0 aliphatic heterocycles. The predicted molar refractivity (Wildman–Crippen MR) is 67.2 cm³/mol. The molecule has 0 saturated heterocycles. The molecule has 2 aromatic rings. The Morgan fingerprint density at radius 3 is 3.21 bits per heavy atom. The van der Waals surface area contributed by atoms with Gasteiger partial charge in [-0.3, -0.25) is 4.79 Å². The first-order chi connectivity index (χ1) is 9.33. The first kappa shape index (κ1) is 12.2. The number of carbonyl (C=O) groups excluding carboxylic acids is 1. The minimum atomic E-state index is -0.0632. The highest BCUT2D eigenvalue weighted by atomic mass is 32.2. The van der Waals surface area contributed by atoms with Crippen LogP contribution < -0.4 is 5.32 Å². The van der Waals surface area contributed by atoms with Gasteiger partial charge in [-0.15, -0.1) is 5.10 Å². The van der Waals surface area contributed by atoms with Crippen molar-refractivity contribution in [3.05, 3.63) is 18.2 Å². The predicted octanol–water partition coefficient (Wildman–Crippen LogP) is 0.140. The van der Waals surface area contributed by atoms with Gasteiger partial charge in [-0.2, -0.15) is 0 Å². The van der Waals surface area contributed by atoms with Crippen LogP contribution in [0.15, 0.2) is 17.6 Å². The number of hydrogen-bond acceptors (Lipinski definition) is 6. The summed E-state index contributed by atoms with van der Waals surface area (Å²) in [6, 6.07) is 0.420. The van der Waals surface area contributed by atoms with Crippen molar-refractivity contribution >= 4 is 17.7 Å². The zero-order valence-corrected chi connectivity index (χ0v) is 10.9. The second-order valence-corrected chi connectivity index (χ2v) is 5.18. The Bertz CT molecular complexity index is 548. The third-order valence-corrected chi connectivity index (χ3v) is 3.63. The van der Waals surface area contributed by atoms with Crippen molar-refractivity contribution in [2.75, 3.05) is 5.75 Å². The first-order valence-electron chi connectivity index (χ1n) is 5.98. The molecule has 0 spiro atoms. The number of nitrogens with one attached hydrogen (secondary N) is 2. The van der Waals surface area contributed by atoms with Gasteiger partial charge in [0.2, 0.25) is 11.1 Å². The average Bonchev–Trinajstić information content (AvgIpc) is 2.94. The van der Waals surface area contributed by atoms with Crippen LogP contribution in [0.3, 0.4) is 0 Å². The van der Waals surface area contributed by atoms with Crippen LogP contribution >= 0.6 is 11.8 Å². The monoisotopic (exact) mass is 279 g/mol. The molecule has 19 heavy (non-hydrogen) atoms. The average molecular weight is 279 g/mol. The summed E-state index contributed by atoms with van der Waals surface area (Å²) in [5.41, 5.74) is 0. The second kappa shape index (κ2) is 5.39. The summed E-state index contributed by atoms with van der Waals surface area (Å²) in [7, 11) is 0. The number of nitrogens with zero attached hydrogens (tertiary/aromatic N) is 5. The number of aromatic nitrogens is 6. The molecule has 0 radical (unpaired) electrons. The summed E-state index contributed by atoms with van der Waals surface area (Å²) >= 11 is 1.35. The van der Waals surface area contributed by atoms with Gasteiger partial charge >= 0.3 is 0 Å². The fourth-order valence-electron chi connectivity index (χ4n) is 1.59. The maximum Gasteiger partial charge on any atom is 0.230 e. The van der Waals surface area contributed by atoms with Crippen molar-refractivity contribution in [3.8, 4) is 0 Å². The van der Waals surface area contributed by atoms with Crippen LogP contribution in [-0.4, -0.2) is 41.8 Å². The number of tetrazole rings is 1. The van der Waals surface area contributed by atoms with Crippen molar-refractivity contribution in [2.45, 2.75) is 30.6 Å². The van der Waals surface area contributed by atoms with Crippen LogP contribution in [0.1, 0.15) is 24.7 Å². The maximum absolute atomic E-state index is 11.7. The molecule has 2 aromatic heterocycles. The summed E-state index contributed by atoms with van der Waals surface area (Å²) in [4.78, 5) is 18.6. The molecule has 1 fully saturated rings. The Morgan fingerprint density at radius 2 is 2.47 bits per heavy atom. The van der Waals surface area contributed by atoms with E-state index in [0.29, 0.717) is 23.5 Å². The van der Waals surface area contributed by atoms with Crippen molar-refractivity contribution in [1.82, 2.24) is 35.5 Å². The van der Waals surface area contributed by atoms with Gasteiger partial charge in [0.05, 0.1) is 18.3 Å². The number of imidazole rings is 1. The molecular formula is C10H13N7OS. The van der Waals surface area contributed by atoms with E-state index >= 15 is 0 Å².